The number of carbonyl (C=O) groups is 4. The van der Waals surface area contributed by atoms with Crippen LogP contribution in [-0.2, 0) is 21.2 Å². The molecule has 23 heteroatoms. The molecule has 0 spiro atoms. The zero-order valence-corrected chi connectivity index (χ0v) is 44.4. The molecule has 8 heterocycles. The number of anilines is 6. The summed E-state index contributed by atoms with van der Waals surface area (Å²) in [5.74, 6) is -1.59. The number of likely N-dealkylation sites (tertiary alicyclic amines) is 1. The molecule has 0 aliphatic carbocycles. The van der Waals surface area contributed by atoms with Gasteiger partial charge >= 0.3 is 0 Å². The molecule has 0 radical (unpaired) electrons. The number of hydrogen-bond donors (Lipinski definition) is 3. The molecule has 3 aromatic carbocycles. The van der Waals surface area contributed by atoms with Crippen LogP contribution in [-0.4, -0.2) is 159 Å². The first-order valence-electron chi connectivity index (χ1n) is 25.7. The highest BCUT2D eigenvalue weighted by Crippen LogP contribution is 2.46. The topological polar surface area (TPSA) is 216 Å². The summed E-state index contributed by atoms with van der Waals surface area (Å²) < 4.78 is 38.3. The van der Waals surface area contributed by atoms with E-state index in [4.69, 9.17) is 16.3 Å². The summed E-state index contributed by atoms with van der Waals surface area (Å²) in [6.07, 6.45) is 12.3. The number of rotatable bonds is 13. The van der Waals surface area contributed by atoms with Crippen molar-refractivity contribution in [2.75, 3.05) is 99.8 Å². The van der Waals surface area contributed by atoms with Gasteiger partial charge < -0.3 is 34.6 Å². The lowest BCUT2D eigenvalue weighted by Crippen LogP contribution is -2.54. The van der Waals surface area contributed by atoms with Gasteiger partial charge in [-0.05, 0) is 101 Å². The van der Waals surface area contributed by atoms with E-state index in [1.54, 1.807) is 60.9 Å². The van der Waals surface area contributed by atoms with Crippen LogP contribution in [0, 0.1) is 11.7 Å². The maximum atomic E-state index is 17.2. The Hall–Kier alpha value is -7.06. The average molecular weight is 1070 g/mol. The van der Waals surface area contributed by atoms with Crippen molar-refractivity contribution in [1.82, 2.24) is 49.7 Å². The first kappa shape index (κ1) is 51.1. The van der Waals surface area contributed by atoms with Gasteiger partial charge in [0.25, 0.3) is 11.8 Å². The van der Waals surface area contributed by atoms with Gasteiger partial charge in [0.1, 0.15) is 23.7 Å². The van der Waals surface area contributed by atoms with E-state index >= 15 is 4.39 Å². The van der Waals surface area contributed by atoms with E-state index in [1.807, 2.05) is 25.4 Å². The summed E-state index contributed by atoms with van der Waals surface area (Å²) in [6.45, 7) is 11.0. The molecule has 11 rings (SSSR count). The van der Waals surface area contributed by atoms with Crippen LogP contribution >= 0.6 is 18.7 Å². The van der Waals surface area contributed by atoms with Crippen molar-refractivity contribution in [2.24, 2.45) is 13.0 Å². The SMILES string of the molecule is COc1c(Nc2ncc(Cl)c(Nc3ccc4nccnc4c3P(C)(C)=O)n2)cc(-c2cnn(C)c2)c(N2CCC(N3CCC(CN4CCN(c5ccc6c(c5)C(=O)N(C5CCC(=O)NC5=O)C6=O)CC4)CC3)CC2)c1F. The number of piperidine rings is 3. The quantitative estimate of drug-likeness (QED) is 0.0859. The number of ether oxygens (including phenoxy) is 1. The Kier molecular flexibility index (Phi) is 14.0. The van der Waals surface area contributed by atoms with Crippen LogP contribution < -0.4 is 35.8 Å². The number of amides is 4. The molecule has 5 aliphatic rings. The van der Waals surface area contributed by atoms with Crippen molar-refractivity contribution in [3.63, 3.8) is 0 Å². The van der Waals surface area contributed by atoms with Crippen molar-refractivity contribution in [1.29, 1.82) is 0 Å². The van der Waals surface area contributed by atoms with E-state index in [2.05, 4.69) is 60.6 Å². The number of imide groups is 2. The molecule has 0 saturated carbocycles. The van der Waals surface area contributed by atoms with E-state index in [0.29, 0.717) is 69.6 Å². The lowest BCUT2D eigenvalue weighted by molar-refractivity contribution is -0.136. The van der Waals surface area contributed by atoms with Crippen LogP contribution in [0.5, 0.6) is 5.75 Å². The molecule has 3 aromatic heterocycles. The zero-order valence-electron chi connectivity index (χ0n) is 42.8. The highest BCUT2D eigenvalue weighted by molar-refractivity contribution is 7.71. The third-order valence-electron chi connectivity index (χ3n) is 15.4. The van der Waals surface area contributed by atoms with Crippen LogP contribution in [0.3, 0.4) is 0 Å². The summed E-state index contributed by atoms with van der Waals surface area (Å²) in [5, 5.41) is 13.8. The Balaban J connectivity index is 0.711. The van der Waals surface area contributed by atoms with Crippen molar-refractivity contribution in [3.05, 3.63) is 89.3 Å². The molecular weight excluding hydrogens is 1010 g/mol. The number of methoxy groups -OCH3 is 1. The monoisotopic (exact) mass is 1070 g/mol. The largest absolute Gasteiger partial charge is 0.492 e. The minimum Gasteiger partial charge on any atom is -0.492 e. The summed E-state index contributed by atoms with van der Waals surface area (Å²) in [4.78, 5) is 79.4. The molecule has 76 heavy (non-hydrogen) atoms. The van der Waals surface area contributed by atoms with Crippen molar-refractivity contribution in [2.45, 2.75) is 50.6 Å². The predicted molar refractivity (Wildman–Crippen MR) is 289 cm³/mol. The maximum absolute atomic E-state index is 17.2. The van der Waals surface area contributed by atoms with Crippen LogP contribution in [0.2, 0.25) is 5.02 Å². The molecule has 4 saturated heterocycles. The van der Waals surface area contributed by atoms with Crippen LogP contribution in [0.25, 0.3) is 22.2 Å². The Bertz CT molecular complexity index is 3330. The van der Waals surface area contributed by atoms with E-state index in [9.17, 15) is 23.7 Å². The fraction of sp³-hybridized carbons (Fsp3) is 0.415. The Morgan fingerprint density at radius 1 is 0.816 bits per heavy atom. The van der Waals surface area contributed by atoms with Gasteiger partial charge in [-0.3, -0.25) is 48.9 Å². The number of aryl methyl sites for hydroxylation is 1. The molecule has 4 amide bonds. The number of nitrogens with zero attached hydrogens (tertiary/aromatic N) is 11. The Morgan fingerprint density at radius 3 is 2.28 bits per heavy atom. The molecule has 4 fully saturated rings. The van der Waals surface area contributed by atoms with Crippen LogP contribution in [0.1, 0.15) is 59.2 Å². The lowest BCUT2D eigenvalue weighted by Gasteiger charge is -2.44. The van der Waals surface area contributed by atoms with Gasteiger partial charge in [0.05, 0.1) is 58.5 Å². The highest BCUT2D eigenvalue weighted by atomic mass is 35.5. The minimum atomic E-state index is -2.89. The smallest absolute Gasteiger partial charge is 0.262 e. The van der Waals surface area contributed by atoms with Gasteiger partial charge in [0, 0.05) is 101 Å². The summed E-state index contributed by atoms with van der Waals surface area (Å²) in [5.41, 5.74) is 5.21. The number of piperazine rings is 1. The predicted octanol–water partition coefficient (Wildman–Crippen LogP) is 6.26. The van der Waals surface area contributed by atoms with E-state index in [0.717, 1.165) is 87.6 Å². The Labute approximate surface area is 443 Å². The van der Waals surface area contributed by atoms with Gasteiger partial charge in [0.15, 0.2) is 17.4 Å². The van der Waals surface area contributed by atoms with Crippen molar-refractivity contribution in [3.8, 4) is 16.9 Å². The highest BCUT2D eigenvalue weighted by Gasteiger charge is 2.45. The summed E-state index contributed by atoms with van der Waals surface area (Å²) in [6, 6.07) is 10.1. The Morgan fingerprint density at radius 2 is 1.57 bits per heavy atom. The molecule has 3 N–H and O–H groups in total. The number of carbonyl (C=O) groups excluding carboxylic acids is 4. The fourth-order valence-electron chi connectivity index (χ4n) is 11.6. The van der Waals surface area contributed by atoms with Crippen LogP contribution in [0.4, 0.5) is 38.9 Å². The average Bonchev–Trinajstić information content (AvgIpc) is 3.96. The molecule has 0 bridgehead atoms. The standard InChI is InChI=1S/C53H59ClFN14O6P/c1-64-30-32(27-59-64)36-26-41(61-53-58-28-38(54)49(63-53)60-40-8-7-39-45(57-16-15-56-39)48(40)76(3,4)74)47(75-2)44(55)46(36)68-19-13-33(14-20-68)66-17-11-31(12-18-66)29-65-21-23-67(24-22-65)34-5-6-35-37(25-34)52(73)69(51(35)72)42-9-10-43(70)62-50(42)71/h5-8,15-16,25-28,30-31,33,42H,9-14,17-24,29H2,1-4H3,(H,62,70,71)(H2,58,60,61,63). The molecule has 5 aliphatic heterocycles. The second kappa shape index (κ2) is 20.8. The molecule has 1 atom stereocenters. The number of hydrogen-bond acceptors (Lipinski definition) is 17. The van der Waals surface area contributed by atoms with Crippen molar-refractivity contribution < 1.29 is 32.9 Å². The number of fused-ring (bicyclic) bond motifs is 2. The molecule has 396 valence electrons. The van der Waals surface area contributed by atoms with Gasteiger partial charge in [-0.1, -0.05) is 11.6 Å². The first-order chi connectivity index (χ1) is 36.6. The second-order valence-electron chi connectivity index (χ2n) is 20.6. The van der Waals surface area contributed by atoms with E-state index in [-0.39, 0.29) is 40.9 Å². The van der Waals surface area contributed by atoms with Gasteiger partial charge in [-0.15, -0.1) is 0 Å². The third-order valence-corrected chi connectivity index (χ3v) is 17.2. The van der Waals surface area contributed by atoms with Gasteiger partial charge in [-0.25, -0.2) is 9.37 Å². The fourth-order valence-corrected chi connectivity index (χ4v) is 13.1. The summed E-state index contributed by atoms with van der Waals surface area (Å²) in [7, 11) is 0.376. The number of aromatic nitrogens is 6. The number of benzene rings is 3. The minimum absolute atomic E-state index is 0.00658. The first-order valence-corrected chi connectivity index (χ1v) is 28.7. The van der Waals surface area contributed by atoms with Gasteiger partial charge in [-0.2, -0.15) is 10.1 Å². The second-order valence-corrected chi connectivity index (χ2v) is 24.2. The van der Waals surface area contributed by atoms with Crippen LogP contribution in [0.15, 0.2) is 67.4 Å². The van der Waals surface area contributed by atoms with E-state index in [1.165, 1.54) is 13.3 Å². The third kappa shape index (κ3) is 9.96. The maximum Gasteiger partial charge on any atom is 0.262 e. The number of nitrogens with one attached hydrogen (secondary N) is 3. The van der Waals surface area contributed by atoms with Gasteiger partial charge in [0.2, 0.25) is 17.8 Å². The van der Waals surface area contributed by atoms with Crippen molar-refractivity contribution >= 4 is 93.2 Å². The zero-order chi connectivity index (χ0) is 53.0. The molecular formula is C53H59ClFN14O6P. The molecule has 6 aromatic rings. The van der Waals surface area contributed by atoms with E-state index < -0.39 is 42.6 Å². The lowest BCUT2D eigenvalue weighted by atomic mass is 9.92. The summed E-state index contributed by atoms with van der Waals surface area (Å²) >= 11 is 6.65. The number of halogens is 2. The molecule has 1 unspecified atom stereocenters. The molecule has 20 nitrogen and oxygen atoms in total. The normalized spacial score (nSPS) is 19.4.